The normalized spacial score (nSPS) is 29.5. The van der Waals surface area contributed by atoms with E-state index in [0.29, 0.717) is 12.5 Å². The number of rotatable bonds is 0. The molecule has 1 rings (SSSR count). The number of alkyl halides is 1. The minimum Gasteiger partial charge on any atom is -0.340 e. The fourth-order valence-electron chi connectivity index (χ4n) is 1.57. The molecule has 0 aromatic carbocycles. The molecule has 0 bridgehead atoms. The Morgan fingerprint density at radius 2 is 1.92 bits per heavy atom. The van der Waals surface area contributed by atoms with E-state index < -0.39 is 0 Å². The number of hydrogen-bond donors (Lipinski definition) is 0. The second kappa shape index (κ2) is 3.49. The maximum Gasteiger partial charge on any atom is 0.228 e. The fourth-order valence-corrected chi connectivity index (χ4v) is 1.81. The second-order valence-electron chi connectivity index (χ2n) is 4.95. The smallest absolute Gasteiger partial charge is 0.228 e. The Kier molecular flexibility index (Phi) is 2.91. The Balaban J connectivity index is 2.61. The molecule has 1 amide bonds. The molecular formula is C10H18ClNO. The Bertz CT molecular complexity index is 199. The molecule has 2 atom stereocenters. The van der Waals surface area contributed by atoms with Gasteiger partial charge in [0.25, 0.3) is 0 Å². The van der Waals surface area contributed by atoms with Crippen LogP contribution < -0.4 is 0 Å². The zero-order chi connectivity index (χ0) is 10.2. The molecule has 0 aromatic heterocycles. The van der Waals surface area contributed by atoms with Crippen molar-refractivity contribution in [2.45, 2.75) is 33.1 Å². The topological polar surface area (TPSA) is 20.3 Å². The highest BCUT2D eigenvalue weighted by Gasteiger charge is 2.35. The van der Waals surface area contributed by atoms with Crippen LogP contribution >= 0.6 is 11.6 Å². The van der Waals surface area contributed by atoms with Crippen molar-refractivity contribution in [3.63, 3.8) is 0 Å². The van der Waals surface area contributed by atoms with Crippen LogP contribution in [-0.2, 0) is 4.79 Å². The molecule has 2 unspecified atom stereocenters. The summed E-state index contributed by atoms with van der Waals surface area (Å²) in [4.78, 5) is 13.7. The van der Waals surface area contributed by atoms with Crippen molar-refractivity contribution in [1.29, 1.82) is 0 Å². The number of carbonyl (C=O) groups excluding carboxylic acids is 1. The van der Waals surface area contributed by atoms with Crippen molar-refractivity contribution in [2.75, 3.05) is 13.1 Å². The fraction of sp³-hybridized carbons (Fsp3) is 0.900. The van der Waals surface area contributed by atoms with Gasteiger partial charge in [-0.3, -0.25) is 4.79 Å². The van der Waals surface area contributed by atoms with E-state index in [0.717, 1.165) is 6.54 Å². The number of likely N-dealkylation sites (tertiary alicyclic amines) is 1. The molecule has 0 aliphatic carbocycles. The number of amides is 1. The molecule has 2 nitrogen and oxygen atoms in total. The SMILES string of the molecule is CC1CN(C(=O)C(C)(C)C)CC1Cl. The second-order valence-corrected chi connectivity index (χ2v) is 5.51. The third-order valence-electron chi connectivity index (χ3n) is 2.45. The molecule has 76 valence electrons. The first kappa shape index (κ1) is 10.8. The molecule has 1 aliphatic heterocycles. The lowest BCUT2D eigenvalue weighted by atomic mass is 9.95. The van der Waals surface area contributed by atoms with Gasteiger partial charge in [0.15, 0.2) is 0 Å². The molecule has 1 saturated heterocycles. The third kappa shape index (κ3) is 2.37. The van der Waals surface area contributed by atoms with Crippen molar-refractivity contribution >= 4 is 17.5 Å². The minimum atomic E-state index is -0.277. The van der Waals surface area contributed by atoms with Gasteiger partial charge in [-0.2, -0.15) is 0 Å². The van der Waals surface area contributed by atoms with Crippen LogP contribution in [0.25, 0.3) is 0 Å². The average Bonchev–Trinajstić information content (AvgIpc) is 2.29. The highest BCUT2D eigenvalue weighted by Crippen LogP contribution is 2.26. The first-order valence-electron chi connectivity index (χ1n) is 4.76. The monoisotopic (exact) mass is 203 g/mol. The van der Waals surface area contributed by atoms with Crippen LogP contribution in [0.4, 0.5) is 0 Å². The van der Waals surface area contributed by atoms with Crippen LogP contribution in [0, 0.1) is 11.3 Å². The number of nitrogens with zero attached hydrogens (tertiary/aromatic N) is 1. The molecule has 0 radical (unpaired) electrons. The van der Waals surface area contributed by atoms with Gasteiger partial charge in [0.1, 0.15) is 0 Å². The van der Waals surface area contributed by atoms with E-state index in [2.05, 4.69) is 6.92 Å². The van der Waals surface area contributed by atoms with E-state index in [1.165, 1.54) is 0 Å². The summed E-state index contributed by atoms with van der Waals surface area (Å²) in [5.74, 6) is 0.635. The summed E-state index contributed by atoms with van der Waals surface area (Å²) < 4.78 is 0. The molecule has 0 spiro atoms. The van der Waals surface area contributed by atoms with Gasteiger partial charge >= 0.3 is 0 Å². The van der Waals surface area contributed by atoms with E-state index in [1.807, 2.05) is 25.7 Å². The van der Waals surface area contributed by atoms with Gasteiger partial charge in [0, 0.05) is 18.5 Å². The van der Waals surface area contributed by atoms with E-state index >= 15 is 0 Å². The van der Waals surface area contributed by atoms with Crippen LogP contribution in [-0.4, -0.2) is 29.3 Å². The zero-order valence-corrected chi connectivity index (χ0v) is 9.56. The highest BCUT2D eigenvalue weighted by atomic mass is 35.5. The molecule has 13 heavy (non-hydrogen) atoms. The summed E-state index contributed by atoms with van der Waals surface area (Å²) in [6.07, 6.45) is 0. The van der Waals surface area contributed by atoms with Gasteiger partial charge in [-0.15, -0.1) is 11.6 Å². The molecule has 1 fully saturated rings. The lowest BCUT2D eigenvalue weighted by molar-refractivity contribution is -0.138. The first-order valence-corrected chi connectivity index (χ1v) is 5.19. The Hall–Kier alpha value is -0.240. The van der Waals surface area contributed by atoms with Crippen LogP contribution in [0.15, 0.2) is 0 Å². The van der Waals surface area contributed by atoms with Crippen molar-refractivity contribution in [2.24, 2.45) is 11.3 Å². The standard InChI is InChI=1S/C10H18ClNO/c1-7-5-12(6-8(7)11)9(13)10(2,3)4/h7-8H,5-6H2,1-4H3. The summed E-state index contributed by atoms with van der Waals surface area (Å²) >= 11 is 6.06. The lowest BCUT2D eigenvalue weighted by Gasteiger charge is -2.25. The van der Waals surface area contributed by atoms with E-state index in [1.54, 1.807) is 0 Å². The van der Waals surface area contributed by atoms with Gasteiger partial charge in [-0.25, -0.2) is 0 Å². The van der Waals surface area contributed by atoms with Crippen molar-refractivity contribution in [3.8, 4) is 0 Å². The molecule has 1 heterocycles. The van der Waals surface area contributed by atoms with Gasteiger partial charge in [-0.1, -0.05) is 27.7 Å². The summed E-state index contributed by atoms with van der Waals surface area (Å²) in [5, 5.41) is 0.131. The van der Waals surface area contributed by atoms with E-state index in [-0.39, 0.29) is 16.7 Å². The van der Waals surface area contributed by atoms with Gasteiger partial charge in [0.2, 0.25) is 5.91 Å². The Labute approximate surface area is 85.2 Å². The number of carbonyl (C=O) groups is 1. The quantitative estimate of drug-likeness (QED) is 0.553. The van der Waals surface area contributed by atoms with Crippen LogP contribution in [0.5, 0.6) is 0 Å². The molecule has 0 N–H and O–H groups in total. The average molecular weight is 204 g/mol. The largest absolute Gasteiger partial charge is 0.340 e. The van der Waals surface area contributed by atoms with Crippen molar-refractivity contribution in [3.05, 3.63) is 0 Å². The molecular weight excluding hydrogens is 186 g/mol. The Morgan fingerprint density at radius 1 is 1.38 bits per heavy atom. The van der Waals surface area contributed by atoms with Crippen molar-refractivity contribution in [1.82, 2.24) is 4.90 Å². The number of halogens is 1. The van der Waals surface area contributed by atoms with Gasteiger partial charge < -0.3 is 4.90 Å². The van der Waals surface area contributed by atoms with Crippen molar-refractivity contribution < 1.29 is 4.79 Å². The summed E-state index contributed by atoms with van der Waals surface area (Å²) in [6, 6.07) is 0. The maximum absolute atomic E-state index is 11.8. The third-order valence-corrected chi connectivity index (χ3v) is 3.02. The Morgan fingerprint density at radius 3 is 2.23 bits per heavy atom. The first-order chi connectivity index (χ1) is 5.82. The van der Waals surface area contributed by atoms with Gasteiger partial charge in [0.05, 0.1) is 5.38 Å². The maximum atomic E-state index is 11.8. The molecule has 0 saturated carbocycles. The van der Waals surface area contributed by atoms with Crippen LogP contribution in [0.3, 0.4) is 0 Å². The van der Waals surface area contributed by atoms with Crippen LogP contribution in [0.1, 0.15) is 27.7 Å². The van der Waals surface area contributed by atoms with E-state index in [4.69, 9.17) is 11.6 Å². The predicted molar refractivity (Wildman–Crippen MR) is 54.8 cm³/mol. The summed E-state index contributed by atoms with van der Waals surface area (Å²) in [5.41, 5.74) is -0.277. The zero-order valence-electron chi connectivity index (χ0n) is 8.80. The van der Waals surface area contributed by atoms with Gasteiger partial charge in [-0.05, 0) is 5.92 Å². The lowest BCUT2D eigenvalue weighted by Crippen LogP contribution is -2.38. The summed E-state index contributed by atoms with van der Waals surface area (Å²) in [6.45, 7) is 9.45. The van der Waals surface area contributed by atoms with Crippen LogP contribution in [0.2, 0.25) is 0 Å². The molecule has 3 heteroatoms. The minimum absolute atomic E-state index is 0.131. The summed E-state index contributed by atoms with van der Waals surface area (Å²) in [7, 11) is 0. The number of hydrogen-bond acceptors (Lipinski definition) is 1. The van der Waals surface area contributed by atoms with E-state index in [9.17, 15) is 4.79 Å². The molecule has 0 aromatic rings. The predicted octanol–water partition coefficient (Wildman–Crippen LogP) is 2.12. The highest BCUT2D eigenvalue weighted by molar-refractivity contribution is 6.21. The molecule has 1 aliphatic rings.